The molecule has 0 aliphatic heterocycles. The van der Waals surface area contributed by atoms with E-state index >= 15 is 0 Å². The average Bonchev–Trinajstić information content (AvgIpc) is 2.91. The highest BCUT2D eigenvalue weighted by molar-refractivity contribution is 5.23. The van der Waals surface area contributed by atoms with E-state index in [0.717, 1.165) is 17.4 Å². The smallest absolute Gasteiger partial charge is 0.107 e. The number of aromatic amines is 1. The molecule has 3 nitrogen and oxygen atoms in total. The molecule has 0 spiro atoms. The van der Waals surface area contributed by atoms with Crippen molar-refractivity contribution >= 4 is 0 Å². The van der Waals surface area contributed by atoms with Gasteiger partial charge in [0.1, 0.15) is 5.60 Å². The summed E-state index contributed by atoms with van der Waals surface area (Å²) in [5, 5.41) is 11.3. The van der Waals surface area contributed by atoms with Crippen LogP contribution in [-0.2, 0) is 5.60 Å². The highest BCUT2D eigenvalue weighted by atomic mass is 16.3. The summed E-state index contributed by atoms with van der Waals surface area (Å²) in [5.74, 6) is 3.64. The van der Waals surface area contributed by atoms with Crippen LogP contribution in [0.2, 0.25) is 0 Å². The van der Waals surface area contributed by atoms with Crippen LogP contribution in [0.1, 0.15) is 37.7 Å². The van der Waals surface area contributed by atoms with Crippen molar-refractivity contribution in [2.45, 2.75) is 37.7 Å². The summed E-state index contributed by atoms with van der Waals surface area (Å²) in [5.41, 5.74) is 6.19. The molecule has 1 unspecified atom stereocenters. The van der Waals surface area contributed by atoms with Crippen molar-refractivity contribution < 1.29 is 5.11 Å². The van der Waals surface area contributed by atoms with Gasteiger partial charge in [0, 0.05) is 24.5 Å². The van der Waals surface area contributed by atoms with E-state index in [2.05, 4.69) is 4.98 Å². The van der Waals surface area contributed by atoms with Crippen molar-refractivity contribution in [3.8, 4) is 0 Å². The maximum Gasteiger partial charge on any atom is 0.107 e. The normalized spacial score (nSPS) is 43.4. The highest BCUT2D eigenvalue weighted by Gasteiger charge is 2.55. The Morgan fingerprint density at radius 1 is 1.16 bits per heavy atom. The Kier molecular flexibility index (Phi) is 2.58. The van der Waals surface area contributed by atoms with E-state index in [9.17, 15) is 5.11 Å². The molecule has 4 N–H and O–H groups in total. The number of nitrogens with one attached hydrogen (secondary N) is 1. The minimum absolute atomic E-state index is 0.345. The van der Waals surface area contributed by atoms with Gasteiger partial charge in [-0.2, -0.15) is 0 Å². The van der Waals surface area contributed by atoms with Crippen molar-refractivity contribution in [3.63, 3.8) is 0 Å². The van der Waals surface area contributed by atoms with E-state index in [0.29, 0.717) is 24.3 Å². The van der Waals surface area contributed by atoms with E-state index in [1.807, 2.05) is 18.5 Å². The summed E-state index contributed by atoms with van der Waals surface area (Å²) in [7, 11) is 0. The zero-order valence-corrected chi connectivity index (χ0v) is 11.4. The van der Waals surface area contributed by atoms with Crippen molar-refractivity contribution in [1.82, 2.24) is 4.98 Å². The van der Waals surface area contributed by atoms with Crippen molar-refractivity contribution in [3.05, 3.63) is 24.0 Å². The minimum Gasteiger partial charge on any atom is -0.383 e. The van der Waals surface area contributed by atoms with Gasteiger partial charge in [0.15, 0.2) is 0 Å². The van der Waals surface area contributed by atoms with E-state index in [1.165, 1.54) is 32.1 Å². The molecule has 0 saturated heterocycles. The fraction of sp³-hybridized carbons (Fsp3) is 0.750. The van der Waals surface area contributed by atoms with Crippen molar-refractivity contribution in [1.29, 1.82) is 0 Å². The molecule has 0 radical (unpaired) electrons. The fourth-order valence-electron chi connectivity index (χ4n) is 5.74. The summed E-state index contributed by atoms with van der Waals surface area (Å²) >= 11 is 0. The van der Waals surface area contributed by atoms with Crippen LogP contribution < -0.4 is 5.73 Å². The number of aliphatic hydroxyl groups is 1. The molecule has 4 bridgehead atoms. The molecular formula is C16H24N2O. The molecule has 4 saturated carbocycles. The molecule has 1 aromatic heterocycles. The quantitative estimate of drug-likeness (QED) is 0.780. The van der Waals surface area contributed by atoms with Gasteiger partial charge in [-0.05, 0) is 67.8 Å². The molecule has 4 fully saturated rings. The SMILES string of the molecule is NCC(O)(c1cc[nH]c1)C1C2CC3CC(C2)CC1C3. The van der Waals surface area contributed by atoms with Crippen LogP contribution in [0.15, 0.2) is 18.5 Å². The maximum atomic E-state index is 11.3. The summed E-state index contributed by atoms with van der Waals surface area (Å²) in [6.07, 6.45) is 10.6. The molecule has 19 heavy (non-hydrogen) atoms. The van der Waals surface area contributed by atoms with Crippen molar-refractivity contribution in [2.75, 3.05) is 6.54 Å². The number of H-pyrrole nitrogens is 1. The second-order valence-electron chi connectivity index (χ2n) is 7.18. The molecule has 1 heterocycles. The van der Waals surface area contributed by atoms with Gasteiger partial charge in [0.05, 0.1) is 0 Å². The highest BCUT2D eigenvalue weighted by Crippen LogP contribution is 2.60. The summed E-state index contributed by atoms with van der Waals surface area (Å²) in [6.45, 7) is 0.345. The molecule has 1 atom stereocenters. The van der Waals surface area contributed by atoms with Crippen molar-refractivity contribution in [2.24, 2.45) is 35.3 Å². The van der Waals surface area contributed by atoms with Crippen LogP contribution >= 0.6 is 0 Å². The van der Waals surface area contributed by atoms with Gasteiger partial charge in [0.25, 0.3) is 0 Å². The number of hydrogen-bond acceptors (Lipinski definition) is 2. The van der Waals surface area contributed by atoms with Crippen LogP contribution in [0, 0.1) is 29.6 Å². The first kappa shape index (κ1) is 12.0. The molecular weight excluding hydrogens is 236 g/mol. The number of nitrogens with two attached hydrogens (primary N) is 1. The lowest BCUT2D eigenvalue weighted by Crippen LogP contribution is -2.56. The molecule has 4 aliphatic carbocycles. The zero-order valence-electron chi connectivity index (χ0n) is 11.4. The number of aromatic nitrogens is 1. The van der Waals surface area contributed by atoms with Gasteiger partial charge in [-0.25, -0.2) is 0 Å². The van der Waals surface area contributed by atoms with Gasteiger partial charge >= 0.3 is 0 Å². The first-order valence-electron chi connectivity index (χ1n) is 7.76. The van der Waals surface area contributed by atoms with Gasteiger partial charge < -0.3 is 15.8 Å². The Labute approximate surface area is 114 Å². The van der Waals surface area contributed by atoms with Gasteiger partial charge in [-0.15, -0.1) is 0 Å². The topological polar surface area (TPSA) is 62.0 Å². The fourth-order valence-corrected chi connectivity index (χ4v) is 5.74. The molecule has 1 aromatic rings. The molecule has 104 valence electrons. The van der Waals surface area contributed by atoms with Crippen LogP contribution in [-0.4, -0.2) is 16.6 Å². The maximum absolute atomic E-state index is 11.3. The Balaban J connectivity index is 1.71. The summed E-state index contributed by atoms with van der Waals surface area (Å²) < 4.78 is 0. The molecule has 5 rings (SSSR count). The lowest BCUT2D eigenvalue weighted by atomic mass is 9.48. The Morgan fingerprint density at radius 3 is 2.26 bits per heavy atom. The van der Waals surface area contributed by atoms with E-state index < -0.39 is 5.60 Å². The van der Waals surface area contributed by atoms with Gasteiger partial charge in [-0.1, -0.05) is 0 Å². The monoisotopic (exact) mass is 260 g/mol. The average molecular weight is 260 g/mol. The molecule has 0 amide bonds. The van der Waals surface area contributed by atoms with E-state index in [1.54, 1.807) is 0 Å². The van der Waals surface area contributed by atoms with Crippen LogP contribution in [0.5, 0.6) is 0 Å². The molecule has 4 aliphatic rings. The zero-order chi connectivity index (χ0) is 13.0. The third kappa shape index (κ3) is 1.64. The number of hydrogen-bond donors (Lipinski definition) is 3. The lowest BCUT2D eigenvalue weighted by Gasteiger charge is -2.58. The van der Waals surface area contributed by atoms with Gasteiger partial charge in [0.2, 0.25) is 0 Å². The Hall–Kier alpha value is -0.800. The lowest BCUT2D eigenvalue weighted by molar-refractivity contribution is -0.143. The van der Waals surface area contributed by atoms with E-state index in [-0.39, 0.29) is 0 Å². The van der Waals surface area contributed by atoms with E-state index in [4.69, 9.17) is 5.73 Å². The second-order valence-corrected chi connectivity index (χ2v) is 7.18. The van der Waals surface area contributed by atoms with Crippen LogP contribution in [0.25, 0.3) is 0 Å². The van der Waals surface area contributed by atoms with Crippen LogP contribution in [0.4, 0.5) is 0 Å². The molecule has 3 heteroatoms. The Morgan fingerprint density at radius 2 is 1.79 bits per heavy atom. The molecule has 0 aromatic carbocycles. The largest absolute Gasteiger partial charge is 0.383 e. The predicted octanol–water partition coefficient (Wildman–Crippen LogP) is 2.23. The summed E-state index contributed by atoms with van der Waals surface area (Å²) in [6, 6.07) is 2.00. The Bertz CT molecular complexity index is 427. The third-order valence-electron chi connectivity index (χ3n) is 6.19. The standard InChI is InChI=1S/C16H24N2O/c17-9-16(19,14-1-2-18-8-14)15-12-4-10-3-11(6-12)7-13(15)5-10/h1-2,8,10-13,15,18-19H,3-7,9,17H2. The number of rotatable bonds is 3. The third-order valence-corrected chi connectivity index (χ3v) is 6.19. The predicted molar refractivity (Wildman–Crippen MR) is 74.3 cm³/mol. The van der Waals surface area contributed by atoms with Crippen LogP contribution in [0.3, 0.4) is 0 Å². The first-order chi connectivity index (χ1) is 9.20. The second kappa shape index (κ2) is 4.10. The van der Waals surface area contributed by atoms with Gasteiger partial charge in [-0.3, -0.25) is 0 Å². The minimum atomic E-state index is -0.817. The summed E-state index contributed by atoms with van der Waals surface area (Å²) in [4.78, 5) is 3.08. The first-order valence-corrected chi connectivity index (χ1v) is 7.76.